The van der Waals surface area contributed by atoms with Crippen LogP contribution in [0.2, 0.25) is 5.02 Å². The molecule has 1 heterocycles. The number of benzene rings is 2. The Hall–Kier alpha value is -2.02. The largest absolute Gasteiger partial charge is 0.496 e. The number of nitrogens with one attached hydrogen (secondary N) is 1. The normalized spacial score (nSPS) is 10.5. The minimum absolute atomic E-state index is 0.284. The number of aromatic nitrogens is 1. The van der Waals surface area contributed by atoms with E-state index < -0.39 is 0 Å². The summed E-state index contributed by atoms with van der Waals surface area (Å²) in [4.78, 5) is 17.4. The predicted molar refractivity (Wildman–Crippen MR) is 105 cm³/mol. The fraction of sp³-hybridized carbons (Fsp3) is 0.111. The lowest BCUT2D eigenvalue weighted by Gasteiger charge is -2.09. The van der Waals surface area contributed by atoms with Crippen LogP contribution in [0.5, 0.6) is 5.75 Å². The standard InChI is InChI=1S/C18H15ClN2O2S2/c1-23-14-9-8-12(19)10-13(14)16(22)21-17-15(20-18(24-2)25-17)11-6-4-3-5-7-11/h3-10H,1-2H3,(H,21,22). The van der Waals surface area contributed by atoms with Gasteiger partial charge in [-0.3, -0.25) is 4.79 Å². The number of anilines is 1. The molecule has 0 aliphatic heterocycles. The highest BCUT2D eigenvalue weighted by Crippen LogP contribution is 2.37. The van der Waals surface area contributed by atoms with Gasteiger partial charge in [0.1, 0.15) is 16.4 Å². The van der Waals surface area contributed by atoms with Gasteiger partial charge in [-0.05, 0) is 24.5 Å². The number of hydrogen-bond donors (Lipinski definition) is 1. The molecule has 0 saturated heterocycles. The summed E-state index contributed by atoms with van der Waals surface area (Å²) in [6.07, 6.45) is 1.96. The van der Waals surface area contributed by atoms with Crippen molar-refractivity contribution in [2.24, 2.45) is 0 Å². The molecule has 1 aromatic heterocycles. The maximum Gasteiger partial charge on any atom is 0.260 e. The quantitative estimate of drug-likeness (QED) is 0.589. The molecule has 0 atom stereocenters. The van der Waals surface area contributed by atoms with Gasteiger partial charge in [0, 0.05) is 10.6 Å². The molecule has 0 fully saturated rings. The smallest absolute Gasteiger partial charge is 0.260 e. The van der Waals surface area contributed by atoms with Crippen molar-refractivity contribution in [2.75, 3.05) is 18.7 Å². The van der Waals surface area contributed by atoms with Crippen LogP contribution in [0.1, 0.15) is 10.4 Å². The fourth-order valence-corrected chi connectivity index (χ4v) is 3.95. The van der Waals surface area contributed by atoms with Crippen LogP contribution < -0.4 is 10.1 Å². The summed E-state index contributed by atoms with van der Waals surface area (Å²) in [5.74, 6) is 0.186. The van der Waals surface area contributed by atoms with Crippen molar-refractivity contribution in [3.63, 3.8) is 0 Å². The molecule has 7 heteroatoms. The van der Waals surface area contributed by atoms with Crippen molar-refractivity contribution in [3.05, 3.63) is 59.1 Å². The monoisotopic (exact) mass is 390 g/mol. The Balaban J connectivity index is 1.97. The minimum atomic E-state index is -0.284. The second-order valence-corrected chi connectivity index (χ2v) is 7.52. The molecule has 128 valence electrons. The van der Waals surface area contributed by atoms with Crippen molar-refractivity contribution in [3.8, 4) is 17.0 Å². The number of halogens is 1. The molecule has 0 spiro atoms. The van der Waals surface area contributed by atoms with E-state index in [9.17, 15) is 4.79 Å². The summed E-state index contributed by atoms with van der Waals surface area (Å²) < 4.78 is 6.15. The van der Waals surface area contributed by atoms with Crippen molar-refractivity contribution in [2.45, 2.75) is 4.34 Å². The third kappa shape index (κ3) is 3.98. The average Bonchev–Trinajstić information content (AvgIpc) is 3.05. The Morgan fingerprint density at radius 3 is 2.68 bits per heavy atom. The molecule has 2 aromatic carbocycles. The lowest BCUT2D eigenvalue weighted by atomic mass is 10.1. The summed E-state index contributed by atoms with van der Waals surface area (Å²) >= 11 is 9.01. The molecule has 0 bridgehead atoms. The van der Waals surface area contributed by atoms with Crippen LogP contribution in [0, 0.1) is 0 Å². The molecule has 0 aliphatic rings. The number of nitrogens with zero attached hydrogens (tertiary/aromatic N) is 1. The van der Waals surface area contributed by atoms with Gasteiger partial charge in [-0.15, -0.1) is 0 Å². The van der Waals surface area contributed by atoms with Crippen LogP contribution in [0.3, 0.4) is 0 Å². The highest BCUT2D eigenvalue weighted by molar-refractivity contribution is 8.00. The molecule has 0 saturated carbocycles. The van der Waals surface area contributed by atoms with E-state index in [1.807, 2.05) is 36.6 Å². The first-order chi connectivity index (χ1) is 12.1. The van der Waals surface area contributed by atoms with Crippen LogP contribution in [0.4, 0.5) is 5.00 Å². The molecule has 3 rings (SSSR count). The SMILES string of the molecule is COc1ccc(Cl)cc1C(=O)Nc1sc(SC)nc1-c1ccccc1. The summed E-state index contributed by atoms with van der Waals surface area (Å²) in [5.41, 5.74) is 2.09. The highest BCUT2D eigenvalue weighted by atomic mass is 35.5. The molecule has 1 N–H and O–H groups in total. The van der Waals surface area contributed by atoms with Gasteiger partial charge >= 0.3 is 0 Å². The summed E-state index contributed by atoms with van der Waals surface area (Å²) in [6, 6.07) is 14.7. The van der Waals surface area contributed by atoms with Crippen molar-refractivity contribution >= 4 is 45.6 Å². The second kappa shape index (κ2) is 7.91. The average molecular weight is 391 g/mol. The van der Waals surface area contributed by atoms with E-state index in [2.05, 4.69) is 10.3 Å². The van der Waals surface area contributed by atoms with Gasteiger partial charge in [-0.2, -0.15) is 0 Å². The first-order valence-electron chi connectivity index (χ1n) is 7.37. The Morgan fingerprint density at radius 2 is 2.00 bits per heavy atom. The zero-order chi connectivity index (χ0) is 17.8. The molecular weight excluding hydrogens is 376 g/mol. The lowest BCUT2D eigenvalue weighted by molar-refractivity contribution is 0.102. The summed E-state index contributed by atoms with van der Waals surface area (Å²) in [7, 11) is 1.52. The molecule has 25 heavy (non-hydrogen) atoms. The number of carbonyl (C=O) groups is 1. The summed E-state index contributed by atoms with van der Waals surface area (Å²) in [6.45, 7) is 0. The maximum absolute atomic E-state index is 12.7. The zero-order valence-corrected chi connectivity index (χ0v) is 16.0. The minimum Gasteiger partial charge on any atom is -0.496 e. The van der Waals surface area contributed by atoms with Gasteiger partial charge in [0.2, 0.25) is 0 Å². The Morgan fingerprint density at radius 1 is 1.24 bits per heavy atom. The van der Waals surface area contributed by atoms with Crippen molar-refractivity contribution in [1.82, 2.24) is 4.98 Å². The lowest BCUT2D eigenvalue weighted by Crippen LogP contribution is -2.13. The van der Waals surface area contributed by atoms with Gasteiger partial charge in [-0.25, -0.2) is 4.98 Å². The van der Waals surface area contributed by atoms with Crippen LogP contribution in [0.25, 0.3) is 11.3 Å². The Bertz CT molecular complexity index is 897. The molecule has 0 radical (unpaired) electrons. The van der Waals surface area contributed by atoms with Crippen LogP contribution in [0.15, 0.2) is 52.9 Å². The van der Waals surface area contributed by atoms with Gasteiger partial charge in [-0.1, -0.05) is 65.0 Å². The van der Waals surface area contributed by atoms with E-state index in [-0.39, 0.29) is 5.91 Å². The number of methoxy groups -OCH3 is 1. The maximum atomic E-state index is 12.7. The van der Waals surface area contributed by atoms with Crippen LogP contribution >= 0.6 is 34.7 Å². The Labute approximate surface area is 159 Å². The molecule has 0 aliphatic carbocycles. The molecule has 3 aromatic rings. The van der Waals surface area contributed by atoms with E-state index in [0.29, 0.717) is 21.3 Å². The van der Waals surface area contributed by atoms with Gasteiger partial charge in [0.05, 0.1) is 12.7 Å². The second-order valence-electron chi connectivity index (χ2n) is 5.03. The molecule has 4 nitrogen and oxygen atoms in total. The predicted octanol–water partition coefficient (Wildman–Crippen LogP) is 5.45. The zero-order valence-electron chi connectivity index (χ0n) is 13.6. The number of amides is 1. The molecule has 0 unspecified atom stereocenters. The van der Waals surface area contributed by atoms with Gasteiger partial charge < -0.3 is 10.1 Å². The number of rotatable bonds is 5. The van der Waals surface area contributed by atoms with Crippen LogP contribution in [-0.2, 0) is 0 Å². The van der Waals surface area contributed by atoms with Crippen LogP contribution in [-0.4, -0.2) is 24.3 Å². The highest BCUT2D eigenvalue weighted by Gasteiger charge is 2.18. The van der Waals surface area contributed by atoms with E-state index in [1.165, 1.54) is 18.4 Å². The molecule has 1 amide bonds. The number of hydrogen-bond acceptors (Lipinski definition) is 5. The van der Waals surface area contributed by atoms with Gasteiger partial charge in [0.15, 0.2) is 4.34 Å². The number of ether oxygens (including phenoxy) is 1. The molecular formula is C18H15ClN2O2S2. The third-order valence-electron chi connectivity index (χ3n) is 3.46. The summed E-state index contributed by atoms with van der Waals surface area (Å²) in [5, 5.41) is 4.12. The topological polar surface area (TPSA) is 51.2 Å². The first kappa shape index (κ1) is 17.8. The fourth-order valence-electron chi connectivity index (χ4n) is 2.29. The number of carbonyl (C=O) groups excluding carboxylic acids is 1. The number of thiazole rings is 1. The van der Waals surface area contributed by atoms with E-state index in [4.69, 9.17) is 16.3 Å². The van der Waals surface area contributed by atoms with Gasteiger partial charge in [0.25, 0.3) is 5.91 Å². The van der Waals surface area contributed by atoms with Crippen molar-refractivity contribution < 1.29 is 9.53 Å². The van der Waals surface area contributed by atoms with E-state index >= 15 is 0 Å². The first-order valence-corrected chi connectivity index (χ1v) is 9.79. The number of thioether (sulfide) groups is 1. The van der Waals surface area contributed by atoms with E-state index in [0.717, 1.165) is 15.6 Å². The Kier molecular flexibility index (Phi) is 5.63. The third-order valence-corrected chi connectivity index (χ3v) is 5.65. The van der Waals surface area contributed by atoms with Crippen molar-refractivity contribution in [1.29, 1.82) is 0 Å². The van der Waals surface area contributed by atoms with E-state index in [1.54, 1.807) is 30.0 Å².